The van der Waals surface area contributed by atoms with Gasteiger partial charge in [0.25, 0.3) is 10.0 Å². The smallest absolute Gasteiger partial charge is 0.435 e. The second kappa shape index (κ2) is 10.2. The number of methoxy groups -OCH3 is 2. The molecule has 3 aromatic rings. The van der Waals surface area contributed by atoms with Gasteiger partial charge in [0.1, 0.15) is 0 Å². The van der Waals surface area contributed by atoms with Gasteiger partial charge in [0.05, 0.1) is 19.1 Å². The summed E-state index contributed by atoms with van der Waals surface area (Å²) in [5.74, 6) is -0.469. The van der Waals surface area contributed by atoms with Crippen LogP contribution in [0.25, 0.3) is 0 Å². The number of halogens is 3. The molecule has 0 atom stereocenters. The van der Waals surface area contributed by atoms with Gasteiger partial charge in [-0.2, -0.15) is 28.2 Å². The van der Waals surface area contributed by atoms with Crippen molar-refractivity contribution < 1.29 is 35.9 Å². The van der Waals surface area contributed by atoms with Gasteiger partial charge in [-0.25, -0.2) is 8.42 Å². The second-order valence-corrected chi connectivity index (χ2v) is 8.78. The van der Waals surface area contributed by atoms with E-state index in [9.17, 15) is 26.4 Å². The van der Waals surface area contributed by atoms with Crippen molar-refractivity contribution in [1.82, 2.24) is 19.7 Å². The van der Waals surface area contributed by atoms with E-state index in [4.69, 9.17) is 9.47 Å². The minimum Gasteiger partial charge on any atom is -0.481 e. The topological polar surface area (TPSA) is 137 Å². The first-order chi connectivity index (χ1) is 16.4. The highest BCUT2D eigenvalue weighted by molar-refractivity contribution is 7.92. The molecule has 0 spiro atoms. The number of hydrogen-bond acceptors (Lipinski definition) is 8. The Labute approximate surface area is 198 Å². The maximum atomic E-state index is 12.8. The van der Waals surface area contributed by atoms with Crippen LogP contribution in [-0.4, -0.2) is 48.3 Å². The van der Waals surface area contributed by atoms with Crippen molar-refractivity contribution in [1.29, 1.82) is 0 Å². The van der Waals surface area contributed by atoms with Gasteiger partial charge in [-0.15, -0.1) is 0 Å². The number of anilines is 2. The van der Waals surface area contributed by atoms with Gasteiger partial charge < -0.3 is 14.8 Å². The third-order valence-electron chi connectivity index (χ3n) is 4.58. The molecule has 2 aromatic heterocycles. The molecule has 0 radical (unpaired) electrons. The molecule has 1 amide bonds. The average molecular weight is 514 g/mol. The molecule has 188 valence electrons. The van der Waals surface area contributed by atoms with Crippen molar-refractivity contribution >= 4 is 27.4 Å². The summed E-state index contributed by atoms with van der Waals surface area (Å²) in [6.07, 6.45) is -4.71. The average Bonchev–Trinajstić information content (AvgIpc) is 3.18. The molecule has 0 unspecified atom stereocenters. The Morgan fingerprint density at radius 1 is 1.09 bits per heavy atom. The van der Waals surface area contributed by atoms with E-state index in [-0.39, 0.29) is 41.3 Å². The SMILES string of the molecule is COc1cc(NS(=O)(=O)c2ccc(NC(=O)CCn3nc(C(F)(F)F)cc3C)cc2)nc(OC)n1. The van der Waals surface area contributed by atoms with E-state index in [1.165, 1.54) is 51.5 Å². The van der Waals surface area contributed by atoms with Crippen LogP contribution in [0.2, 0.25) is 0 Å². The highest BCUT2D eigenvalue weighted by Crippen LogP contribution is 2.28. The van der Waals surface area contributed by atoms with Crippen LogP contribution >= 0.6 is 0 Å². The summed E-state index contributed by atoms with van der Waals surface area (Å²) in [5.41, 5.74) is -0.460. The van der Waals surface area contributed by atoms with Crippen LogP contribution in [0.3, 0.4) is 0 Å². The number of rotatable bonds is 9. The number of amides is 1. The fourth-order valence-electron chi connectivity index (χ4n) is 2.87. The highest BCUT2D eigenvalue weighted by Gasteiger charge is 2.34. The molecular weight excluding hydrogens is 493 g/mol. The summed E-state index contributed by atoms with van der Waals surface area (Å²) >= 11 is 0. The third kappa shape index (κ3) is 6.59. The number of nitrogens with zero attached hydrogens (tertiary/aromatic N) is 4. The molecule has 0 fully saturated rings. The minimum atomic E-state index is -4.57. The second-order valence-electron chi connectivity index (χ2n) is 7.10. The van der Waals surface area contributed by atoms with E-state index in [0.717, 1.165) is 10.7 Å². The monoisotopic (exact) mass is 514 g/mol. The Hall–Kier alpha value is -3.88. The Kier molecular flexibility index (Phi) is 7.48. The zero-order chi connectivity index (χ0) is 25.8. The molecule has 0 aliphatic rings. The van der Waals surface area contributed by atoms with Gasteiger partial charge in [0, 0.05) is 30.4 Å². The lowest BCUT2D eigenvalue weighted by Crippen LogP contribution is -2.17. The summed E-state index contributed by atoms with van der Waals surface area (Å²) in [7, 11) is -1.37. The standard InChI is InChI=1S/C20H21F3N6O5S/c1-12-10-15(20(21,22)23)27-29(12)9-8-17(30)24-13-4-6-14(7-5-13)35(31,32)28-16-11-18(33-2)26-19(25-16)34-3/h4-7,10-11H,8-9H2,1-3H3,(H,24,30)(H,25,26,28). The molecule has 0 aliphatic heterocycles. The Bertz CT molecular complexity index is 1290. The molecule has 3 rings (SSSR count). The lowest BCUT2D eigenvalue weighted by molar-refractivity contribution is -0.141. The molecule has 1 aromatic carbocycles. The summed E-state index contributed by atoms with van der Waals surface area (Å²) in [4.78, 5) is 19.9. The molecular formula is C20H21F3N6O5S. The number of benzene rings is 1. The molecule has 15 heteroatoms. The molecule has 2 N–H and O–H groups in total. The number of alkyl halides is 3. The van der Waals surface area contributed by atoms with E-state index in [1.54, 1.807) is 0 Å². The van der Waals surface area contributed by atoms with Gasteiger partial charge in [-0.05, 0) is 37.3 Å². The Balaban J connectivity index is 1.62. The van der Waals surface area contributed by atoms with Crippen molar-refractivity contribution in [3.63, 3.8) is 0 Å². The normalized spacial score (nSPS) is 11.7. The van der Waals surface area contributed by atoms with Crippen molar-refractivity contribution in [2.24, 2.45) is 0 Å². The fraction of sp³-hybridized carbons (Fsp3) is 0.300. The maximum absolute atomic E-state index is 12.8. The zero-order valence-corrected chi connectivity index (χ0v) is 19.6. The molecule has 0 saturated carbocycles. The van der Waals surface area contributed by atoms with Crippen LogP contribution in [0.5, 0.6) is 11.9 Å². The lowest BCUT2D eigenvalue weighted by atomic mass is 10.3. The van der Waals surface area contributed by atoms with Crippen LogP contribution in [-0.2, 0) is 27.5 Å². The van der Waals surface area contributed by atoms with E-state index >= 15 is 0 Å². The van der Waals surface area contributed by atoms with Crippen LogP contribution in [0, 0.1) is 6.92 Å². The van der Waals surface area contributed by atoms with Gasteiger partial charge in [0.15, 0.2) is 11.5 Å². The number of hydrogen-bond donors (Lipinski definition) is 2. The molecule has 35 heavy (non-hydrogen) atoms. The first-order valence-electron chi connectivity index (χ1n) is 9.92. The number of aromatic nitrogens is 4. The van der Waals surface area contributed by atoms with E-state index in [2.05, 4.69) is 25.1 Å². The van der Waals surface area contributed by atoms with E-state index < -0.39 is 27.8 Å². The Morgan fingerprint density at radius 2 is 1.77 bits per heavy atom. The number of sulfonamides is 1. The van der Waals surface area contributed by atoms with Crippen LogP contribution < -0.4 is 19.5 Å². The van der Waals surface area contributed by atoms with E-state index in [0.29, 0.717) is 5.69 Å². The van der Waals surface area contributed by atoms with Crippen molar-refractivity contribution in [3.8, 4) is 11.9 Å². The van der Waals surface area contributed by atoms with Crippen LogP contribution in [0.15, 0.2) is 41.3 Å². The fourth-order valence-corrected chi connectivity index (χ4v) is 3.86. The van der Waals surface area contributed by atoms with Crippen molar-refractivity contribution in [3.05, 3.63) is 47.8 Å². The zero-order valence-electron chi connectivity index (χ0n) is 18.8. The first-order valence-corrected chi connectivity index (χ1v) is 11.4. The number of nitrogens with one attached hydrogen (secondary N) is 2. The van der Waals surface area contributed by atoms with Gasteiger partial charge in [-0.1, -0.05) is 0 Å². The summed E-state index contributed by atoms with van der Waals surface area (Å²) < 4.78 is 76.9. The van der Waals surface area contributed by atoms with Crippen molar-refractivity contribution in [2.75, 3.05) is 24.3 Å². The van der Waals surface area contributed by atoms with Gasteiger partial charge >= 0.3 is 12.2 Å². The molecule has 0 saturated heterocycles. The number of carbonyl (C=O) groups is 1. The largest absolute Gasteiger partial charge is 0.481 e. The number of ether oxygens (including phenoxy) is 2. The number of aryl methyl sites for hydroxylation is 2. The summed E-state index contributed by atoms with van der Waals surface area (Å²) in [6, 6.07) is 7.34. The predicted molar refractivity (Wildman–Crippen MR) is 118 cm³/mol. The van der Waals surface area contributed by atoms with Gasteiger partial charge in [-0.3, -0.25) is 14.2 Å². The molecule has 2 heterocycles. The molecule has 0 bridgehead atoms. The quantitative estimate of drug-likeness (QED) is 0.445. The number of carbonyl (C=O) groups excluding carboxylic acids is 1. The predicted octanol–water partition coefficient (Wildman–Crippen LogP) is 2.85. The van der Waals surface area contributed by atoms with Crippen LogP contribution in [0.1, 0.15) is 17.8 Å². The Morgan fingerprint density at radius 3 is 2.34 bits per heavy atom. The molecule has 0 aliphatic carbocycles. The summed E-state index contributed by atoms with van der Waals surface area (Å²) in [6.45, 7) is 1.40. The minimum absolute atomic E-state index is 0.0595. The lowest BCUT2D eigenvalue weighted by Gasteiger charge is -2.11. The molecule has 11 nitrogen and oxygen atoms in total. The highest BCUT2D eigenvalue weighted by atomic mass is 32.2. The maximum Gasteiger partial charge on any atom is 0.435 e. The van der Waals surface area contributed by atoms with Crippen LogP contribution in [0.4, 0.5) is 24.7 Å². The third-order valence-corrected chi connectivity index (χ3v) is 5.95. The first kappa shape index (κ1) is 25.7. The summed E-state index contributed by atoms with van der Waals surface area (Å²) in [5, 5.41) is 6.02. The van der Waals surface area contributed by atoms with Crippen molar-refractivity contribution in [2.45, 2.75) is 31.0 Å². The van der Waals surface area contributed by atoms with Gasteiger partial charge in [0.2, 0.25) is 11.8 Å². The van der Waals surface area contributed by atoms with E-state index in [1.807, 2.05) is 0 Å².